The average Bonchev–Trinajstić information content (AvgIpc) is 3.07. The van der Waals surface area contributed by atoms with Crippen molar-refractivity contribution in [2.75, 3.05) is 7.11 Å². The molecular weight excluding hydrogens is 400 g/mol. The van der Waals surface area contributed by atoms with E-state index in [1.807, 2.05) is 0 Å². The van der Waals surface area contributed by atoms with E-state index in [-0.39, 0.29) is 30.1 Å². The largest absolute Gasteiger partial charge is 0.478 e. The molecule has 2 aromatic carbocycles. The minimum absolute atomic E-state index is 0.0686. The quantitative estimate of drug-likeness (QED) is 0.507. The molecule has 3 aromatic rings. The molecule has 0 atom stereocenters. The van der Waals surface area contributed by atoms with Crippen LogP contribution in [0.25, 0.3) is 11.1 Å². The fraction of sp³-hybridized carbons (Fsp3) is 0.261. The van der Waals surface area contributed by atoms with Crippen molar-refractivity contribution >= 4 is 11.9 Å². The summed E-state index contributed by atoms with van der Waals surface area (Å²) in [4.78, 5) is 27.8. The third-order valence-electron chi connectivity index (χ3n) is 4.87. The Bertz CT molecular complexity index is 1110. The van der Waals surface area contributed by atoms with Gasteiger partial charge in [0.15, 0.2) is 5.69 Å². The van der Waals surface area contributed by atoms with Crippen molar-refractivity contribution in [2.24, 2.45) is 0 Å². The van der Waals surface area contributed by atoms with Crippen molar-refractivity contribution in [3.8, 4) is 11.1 Å². The molecule has 0 amide bonds. The lowest BCUT2D eigenvalue weighted by Gasteiger charge is -2.16. The molecule has 0 radical (unpaired) electrons. The normalized spacial score (nSPS) is 11.5. The fourth-order valence-electron chi connectivity index (χ4n) is 3.45. The first-order valence-corrected chi connectivity index (χ1v) is 9.59. The highest BCUT2D eigenvalue weighted by Gasteiger charge is 2.31. The van der Waals surface area contributed by atoms with Gasteiger partial charge < -0.3 is 24.6 Å². The van der Waals surface area contributed by atoms with Crippen molar-refractivity contribution in [3.63, 3.8) is 0 Å². The van der Waals surface area contributed by atoms with Crippen molar-refractivity contribution < 1.29 is 29.6 Å². The van der Waals surface area contributed by atoms with Crippen LogP contribution in [0.5, 0.6) is 0 Å². The Morgan fingerprint density at radius 3 is 2.23 bits per heavy atom. The van der Waals surface area contributed by atoms with E-state index in [2.05, 4.69) is 4.98 Å². The van der Waals surface area contributed by atoms with E-state index in [1.165, 1.54) is 25.5 Å². The molecule has 8 heteroatoms. The lowest BCUT2D eigenvalue weighted by atomic mass is 9.98. The van der Waals surface area contributed by atoms with Crippen LogP contribution >= 0.6 is 0 Å². The first kappa shape index (κ1) is 22.2. The smallest absolute Gasteiger partial charge is 0.354 e. The summed E-state index contributed by atoms with van der Waals surface area (Å²) >= 11 is 0. The highest BCUT2D eigenvalue weighted by molar-refractivity contribution is 5.96. The van der Waals surface area contributed by atoms with Crippen LogP contribution in [0.2, 0.25) is 0 Å². The van der Waals surface area contributed by atoms with Crippen molar-refractivity contribution in [3.05, 3.63) is 76.9 Å². The zero-order chi connectivity index (χ0) is 22.8. The standard InChI is InChI=1S/C23H24N2O6/c1-23(2,30)20-19(22(28)29)25(18(24-20)13-31-3)12-14-8-10-15(11-9-14)16-6-4-5-7-17(16)21(26)27/h4-11,30H,12-13H2,1-3H3,(H,26,27)(H,28,29). The molecule has 0 spiro atoms. The van der Waals surface area contributed by atoms with E-state index in [1.54, 1.807) is 48.5 Å². The maximum absolute atomic E-state index is 12.0. The number of carboxylic acids is 2. The first-order valence-electron chi connectivity index (χ1n) is 9.59. The number of nitrogens with zero attached hydrogens (tertiary/aromatic N) is 2. The second kappa shape index (κ2) is 8.71. The molecular formula is C23H24N2O6. The Kier molecular flexibility index (Phi) is 6.24. The Morgan fingerprint density at radius 2 is 1.68 bits per heavy atom. The van der Waals surface area contributed by atoms with Crippen LogP contribution in [-0.4, -0.2) is 43.9 Å². The Hall–Kier alpha value is -3.49. The summed E-state index contributed by atoms with van der Waals surface area (Å²) in [6.07, 6.45) is 0. The molecule has 0 saturated carbocycles. The number of imidazole rings is 1. The highest BCUT2D eigenvalue weighted by atomic mass is 16.5. The predicted molar refractivity (Wildman–Crippen MR) is 113 cm³/mol. The molecule has 3 N–H and O–H groups in total. The number of rotatable bonds is 8. The van der Waals surface area contributed by atoms with Gasteiger partial charge in [-0.05, 0) is 36.6 Å². The van der Waals surface area contributed by atoms with Gasteiger partial charge >= 0.3 is 11.9 Å². The van der Waals surface area contributed by atoms with Gasteiger partial charge in [-0.25, -0.2) is 14.6 Å². The van der Waals surface area contributed by atoms with E-state index >= 15 is 0 Å². The molecule has 0 bridgehead atoms. The Labute approximate surface area is 179 Å². The maximum Gasteiger partial charge on any atom is 0.354 e. The number of hydrogen-bond donors (Lipinski definition) is 3. The minimum Gasteiger partial charge on any atom is -0.478 e. The van der Waals surface area contributed by atoms with Crippen LogP contribution < -0.4 is 0 Å². The number of aromatic nitrogens is 2. The van der Waals surface area contributed by atoms with Gasteiger partial charge in [-0.15, -0.1) is 0 Å². The summed E-state index contributed by atoms with van der Waals surface area (Å²) in [7, 11) is 1.48. The number of benzene rings is 2. The Morgan fingerprint density at radius 1 is 1.03 bits per heavy atom. The number of hydrogen-bond acceptors (Lipinski definition) is 5. The summed E-state index contributed by atoms with van der Waals surface area (Å²) in [6.45, 7) is 3.25. The van der Waals surface area contributed by atoms with Crippen LogP contribution in [0.4, 0.5) is 0 Å². The highest BCUT2D eigenvalue weighted by Crippen LogP contribution is 2.27. The van der Waals surface area contributed by atoms with Crippen molar-refractivity contribution in [1.82, 2.24) is 9.55 Å². The molecule has 31 heavy (non-hydrogen) atoms. The number of aliphatic hydroxyl groups is 1. The molecule has 1 heterocycles. The van der Waals surface area contributed by atoms with Crippen LogP contribution in [0.1, 0.15) is 51.8 Å². The molecule has 1 aromatic heterocycles. The van der Waals surface area contributed by atoms with E-state index in [4.69, 9.17) is 4.74 Å². The summed E-state index contributed by atoms with van der Waals surface area (Å²) in [5.41, 5.74) is 0.858. The molecule has 0 saturated heterocycles. The molecule has 8 nitrogen and oxygen atoms in total. The number of aromatic carboxylic acids is 2. The van der Waals surface area contributed by atoms with Crippen LogP contribution in [-0.2, 0) is 23.5 Å². The summed E-state index contributed by atoms with van der Waals surface area (Å²) in [5.74, 6) is -1.82. The molecule has 0 aliphatic heterocycles. The van der Waals surface area contributed by atoms with E-state index in [9.17, 15) is 24.9 Å². The predicted octanol–water partition coefficient (Wildman–Crippen LogP) is 3.37. The van der Waals surface area contributed by atoms with Crippen LogP contribution in [0.15, 0.2) is 48.5 Å². The summed E-state index contributed by atoms with van der Waals surface area (Å²) < 4.78 is 6.68. The minimum atomic E-state index is -1.44. The second-order valence-electron chi connectivity index (χ2n) is 7.66. The van der Waals surface area contributed by atoms with Gasteiger partial charge in [0.05, 0.1) is 5.56 Å². The lowest BCUT2D eigenvalue weighted by molar-refractivity contribution is 0.0602. The Balaban J connectivity index is 2.01. The zero-order valence-corrected chi connectivity index (χ0v) is 17.5. The van der Waals surface area contributed by atoms with E-state index in [0.717, 1.165) is 11.1 Å². The second-order valence-corrected chi connectivity index (χ2v) is 7.66. The maximum atomic E-state index is 12.0. The number of carboxylic acid groups (broad SMARTS) is 2. The van der Waals surface area contributed by atoms with Gasteiger partial charge in [0.2, 0.25) is 0 Å². The monoisotopic (exact) mass is 424 g/mol. The van der Waals surface area contributed by atoms with Gasteiger partial charge in [-0.2, -0.15) is 0 Å². The molecule has 0 aliphatic rings. The molecule has 3 rings (SSSR count). The average molecular weight is 424 g/mol. The third-order valence-corrected chi connectivity index (χ3v) is 4.87. The van der Waals surface area contributed by atoms with Gasteiger partial charge in [-0.1, -0.05) is 42.5 Å². The van der Waals surface area contributed by atoms with Gasteiger partial charge in [0, 0.05) is 13.7 Å². The molecule has 162 valence electrons. The van der Waals surface area contributed by atoms with Crippen molar-refractivity contribution in [2.45, 2.75) is 32.6 Å². The number of methoxy groups -OCH3 is 1. The summed E-state index contributed by atoms with van der Waals surface area (Å²) in [5, 5.41) is 29.6. The van der Waals surface area contributed by atoms with Crippen LogP contribution in [0, 0.1) is 0 Å². The molecule has 0 fully saturated rings. The first-order chi connectivity index (χ1) is 14.6. The lowest BCUT2D eigenvalue weighted by Crippen LogP contribution is -2.22. The van der Waals surface area contributed by atoms with E-state index < -0.39 is 17.5 Å². The fourth-order valence-corrected chi connectivity index (χ4v) is 3.45. The van der Waals surface area contributed by atoms with Gasteiger partial charge in [-0.3, -0.25) is 0 Å². The van der Waals surface area contributed by atoms with E-state index in [0.29, 0.717) is 11.4 Å². The number of carbonyl (C=O) groups is 2. The third kappa shape index (κ3) is 4.65. The zero-order valence-electron chi connectivity index (χ0n) is 17.5. The van der Waals surface area contributed by atoms with Gasteiger partial charge in [0.1, 0.15) is 23.7 Å². The molecule has 0 aliphatic carbocycles. The topological polar surface area (TPSA) is 122 Å². The van der Waals surface area contributed by atoms with Crippen molar-refractivity contribution in [1.29, 1.82) is 0 Å². The SMILES string of the molecule is COCc1nc(C(C)(C)O)c(C(=O)O)n1Cc1ccc(-c2ccccc2C(=O)O)cc1. The summed E-state index contributed by atoms with van der Waals surface area (Å²) in [6, 6.07) is 13.9. The van der Waals surface area contributed by atoms with Crippen LogP contribution in [0.3, 0.4) is 0 Å². The van der Waals surface area contributed by atoms with Gasteiger partial charge in [0.25, 0.3) is 0 Å². The number of ether oxygens (including phenoxy) is 1. The molecule has 0 unspecified atom stereocenters.